The molecule has 0 amide bonds. The van der Waals surface area contributed by atoms with Crippen LogP contribution in [0.4, 0.5) is 0 Å². The zero-order valence-corrected chi connectivity index (χ0v) is 9.78. The average Bonchev–Trinajstić information content (AvgIpc) is 2.56. The van der Waals surface area contributed by atoms with Gasteiger partial charge in [0.2, 0.25) is 5.89 Å². The molecule has 0 bridgehead atoms. The number of hydrogen-bond donors (Lipinski definition) is 2. The maximum Gasteiger partial charge on any atom is 0.208 e. The number of aliphatic hydroxyl groups excluding tert-OH is 1. The summed E-state index contributed by atoms with van der Waals surface area (Å²) in [6.07, 6.45) is 7.01. The van der Waals surface area contributed by atoms with Crippen molar-refractivity contribution in [2.75, 3.05) is 0 Å². The number of aromatic nitrogens is 1. The molecule has 4 nitrogen and oxygen atoms in total. The molecule has 16 heavy (non-hydrogen) atoms. The second-order valence-electron chi connectivity index (χ2n) is 4.56. The van der Waals surface area contributed by atoms with Crippen LogP contribution >= 0.6 is 0 Å². The predicted octanol–water partition coefficient (Wildman–Crippen LogP) is 1.77. The quantitative estimate of drug-likeness (QED) is 0.768. The number of nitrogens with one attached hydrogen (secondary N) is 1. The van der Waals surface area contributed by atoms with E-state index in [1.807, 2.05) is 6.92 Å². The zero-order valence-electron chi connectivity index (χ0n) is 9.78. The molecule has 0 saturated heterocycles. The Bertz CT molecular complexity index is 325. The molecule has 2 unspecified atom stereocenters. The second kappa shape index (κ2) is 5.46. The van der Waals surface area contributed by atoms with Crippen LogP contribution in [0.25, 0.3) is 0 Å². The summed E-state index contributed by atoms with van der Waals surface area (Å²) in [4.78, 5) is 4.14. The first-order chi connectivity index (χ1) is 7.75. The van der Waals surface area contributed by atoms with Crippen LogP contribution in [0, 0.1) is 6.92 Å². The Kier molecular flexibility index (Phi) is 3.96. The van der Waals surface area contributed by atoms with Crippen molar-refractivity contribution in [3.05, 3.63) is 17.8 Å². The molecular formula is C12H20N2O2. The van der Waals surface area contributed by atoms with Gasteiger partial charge in [-0.15, -0.1) is 0 Å². The summed E-state index contributed by atoms with van der Waals surface area (Å²) < 4.78 is 5.39. The Balaban J connectivity index is 1.83. The summed E-state index contributed by atoms with van der Waals surface area (Å²) in [5.74, 6) is 1.53. The Morgan fingerprint density at radius 3 is 3.00 bits per heavy atom. The highest BCUT2D eigenvalue weighted by molar-refractivity contribution is 4.91. The van der Waals surface area contributed by atoms with Gasteiger partial charge in [-0.05, 0) is 19.8 Å². The minimum absolute atomic E-state index is 0.190. The summed E-state index contributed by atoms with van der Waals surface area (Å²) in [7, 11) is 0. The molecule has 1 saturated carbocycles. The van der Waals surface area contributed by atoms with E-state index in [4.69, 9.17) is 4.42 Å². The summed E-state index contributed by atoms with van der Waals surface area (Å²) in [5.41, 5.74) is 0. The molecule has 2 N–H and O–H groups in total. The van der Waals surface area contributed by atoms with Crippen molar-refractivity contribution in [1.29, 1.82) is 0 Å². The van der Waals surface area contributed by atoms with Crippen LogP contribution in [0.15, 0.2) is 10.6 Å². The monoisotopic (exact) mass is 224 g/mol. The van der Waals surface area contributed by atoms with E-state index >= 15 is 0 Å². The van der Waals surface area contributed by atoms with Crippen molar-refractivity contribution in [2.24, 2.45) is 0 Å². The van der Waals surface area contributed by atoms with Gasteiger partial charge in [0.25, 0.3) is 0 Å². The summed E-state index contributed by atoms with van der Waals surface area (Å²) in [6, 6.07) is 0.190. The minimum Gasteiger partial charge on any atom is -0.445 e. The highest BCUT2D eigenvalue weighted by Crippen LogP contribution is 2.18. The van der Waals surface area contributed by atoms with Crippen molar-refractivity contribution in [1.82, 2.24) is 10.3 Å². The Morgan fingerprint density at radius 1 is 1.44 bits per heavy atom. The SMILES string of the molecule is Cc1cnc(CNC2CCCCCC2O)o1. The third kappa shape index (κ3) is 3.06. The van der Waals surface area contributed by atoms with E-state index in [0.717, 1.165) is 25.0 Å². The number of aryl methyl sites for hydroxylation is 1. The molecule has 1 aliphatic rings. The van der Waals surface area contributed by atoms with E-state index < -0.39 is 0 Å². The van der Waals surface area contributed by atoms with Crippen molar-refractivity contribution < 1.29 is 9.52 Å². The molecule has 0 spiro atoms. The van der Waals surface area contributed by atoms with Gasteiger partial charge >= 0.3 is 0 Å². The number of aliphatic hydroxyl groups is 1. The lowest BCUT2D eigenvalue weighted by Crippen LogP contribution is -2.38. The van der Waals surface area contributed by atoms with Crippen molar-refractivity contribution >= 4 is 0 Å². The lowest BCUT2D eigenvalue weighted by molar-refractivity contribution is 0.118. The van der Waals surface area contributed by atoms with Crippen LogP contribution in [0.3, 0.4) is 0 Å². The Hall–Kier alpha value is -0.870. The fraction of sp³-hybridized carbons (Fsp3) is 0.750. The molecule has 1 heterocycles. The third-order valence-electron chi connectivity index (χ3n) is 3.16. The first kappa shape index (κ1) is 11.6. The van der Waals surface area contributed by atoms with E-state index in [0.29, 0.717) is 12.4 Å². The van der Waals surface area contributed by atoms with Crippen LogP contribution in [0.2, 0.25) is 0 Å². The van der Waals surface area contributed by atoms with Crippen molar-refractivity contribution in [2.45, 2.75) is 57.7 Å². The smallest absolute Gasteiger partial charge is 0.208 e. The molecule has 0 aliphatic heterocycles. The van der Waals surface area contributed by atoms with Crippen LogP contribution < -0.4 is 5.32 Å². The fourth-order valence-corrected chi connectivity index (χ4v) is 2.23. The van der Waals surface area contributed by atoms with Gasteiger partial charge in [-0.25, -0.2) is 4.98 Å². The highest BCUT2D eigenvalue weighted by Gasteiger charge is 2.21. The first-order valence-corrected chi connectivity index (χ1v) is 6.08. The van der Waals surface area contributed by atoms with Gasteiger partial charge in [0.1, 0.15) is 5.76 Å². The van der Waals surface area contributed by atoms with E-state index in [1.54, 1.807) is 6.20 Å². The van der Waals surface area contributed by atoms with E-state index in [1.165, 1.54) is 12.8 Å². The van der Waals surface area contributed by atoms with Gasteiger partial charge in [0.15, 0.2) is 0 Å². The van der Waals surface area contributed by atoms with Crippen molar-refractivity contribution in [3.8, 4) is 0 Å². The zero-order chi connectivity index (χ0) is 11.4. The molecular weight excluding hydrogens is 204 g/mol. The van der Waals surface area contributed by atoms with E-state index in [-0.39, 0.29) is 12.1 Å². The van der Waals surface area contributed by atoms with Crippen LogP contribution in [-0.4, -0.2) is 22.2 Å². The molecule has 2 atom stereocenters. The highest BCUT2D eigenvalue weighted by atomic mass is 16.4. The van der Waals surface area contributed by atoms with Gasteiger partial charge < -0.3 is 14.8 Å². The minimum atomic E-state index is -0.224. The van der Waals surface area contributed by atoms with Gasteiger partial charge in [0.05, 0.1) is 18.8 Å². The molecule has 1 aromatic heterocycles. The van der Waals surface area contributed by atoms with E-state index in [2.05, 4.69) is 10.3 Å². The lowest BCUT2D eigenvalue weighted by Gasteiger charge is -2.20. The molecule has 90 valence electrons. The molecule has 2 rings (SSSR count). The van der Waals surface area contributed by atoms with Gasteiger partial charge in [-0.3, -0.25) is 0 Å². The molecule has 0 aromatic carbocycles. The average molecular weight is 224 g/mol. The number of nitrogens with zero attached hydrogens (tertiary/aromatic N) is 1. The number of hydrogen-bond acceptors (Lipinski definition) is 4. The summed E-state index contributed by atoms with van der Waals surface area (Å²) in [6.45, 7) is 2.49. The molecule has 0 radical (unpaired) electrons. The van der Waals surface area contributed by atoms with Gasteiger partial charge in [0, 0.05) is 6.04 Å². The van der Waals surface area contributed by atoms with E-state index in [9.17, 15) is 5.11 Å². The molecule has 1 fully saturated rings. The standard InChI is InChI=1S/C12H20N2O2/c1-9-7-14-12(16-9)8-13-10-5-3-2-4-6-11(10)15/h7,10-11,13,15H,2-6,8H2,1H3. The topological polar surface area (TPSA) is 58.3 Å². The number of oxazole rings is 1. The maximum atomic E-state index is 9.92. The predicted molar refractivity (Wildman–Crippen MR) is 61.0 cm³/mol. The van der Waals surface area contributed by atoms with Crippen molar-refractivity contribution in [3.63, 3.8) is 0 Å². The largest absolute Gasteiger partial charge is 0.445 e. The van der Waals surface area contributed by atoms with Gasteiger partial charge in [-0.1, -0.05) is 19.3 Å². The Morgan fingerprint density at radius 2 is 2.25 bits per heavy atom. The lowest BCUT2D eigenvalue weighted by atomic mass is 10.1. The normalized spacial score (nSPS) is 26.6. The fourth-order valence-electron chi connectivity index (χ4n) is 2.23. The third-order valence-corrected chi connectivity index (χ3v) is 3.16. The molecule has 1 aliphatic carbocycles. The van der Waals surface area contributed by atoms with Gasteiger partial charge in [-0.2, -0.15) is 0 Å². The Labute approximate surface area is 96.1 Å². The van der Waals surface area contributed by atoms with Crippen LogP contribution in [0.1, 0.15) is 43.8 Å². The first-order valence-electron chi connectivity index (χ1n) is 6.08. The second-order valence-corrected chi connectivity index (χ2v) is 4.56. The molecule has 4 heteroatoms. The number of rotatable bonds is 3. The molecule has 1 aromatic rings. The summed E-state index contributed by atoms with van der Waals surface area (Å²) in [5, 5.41) is 13.3. The van der Waals surface area contributed by atoms with Crippen LogP contribution in [-0.2, 0) is 6.54 Å². The summed E-state index contributed by atoms with van der Waals surface area (Å²) >= 11 is 0. The van der Waals surface area contributed by atoms with Crippen LogP contribution in [0.5, 0.6) is 0 Å². The maximum absolute atomic E-state index is 9.92.